The van der Waals surface area contributed by atoms with E-state index < -0.39 is 15.7 Å². The molecule has 9 nitrogen and oxygen atoms in total. The van der Waals surface area contributed by atoms with Gasteiger partial charge < -0.3 is 13.9 Å². The van der Waals surface area contributed by atoms with Gasteiger partial charge in [-0.25, -0.2) is 8.42 Å². The number of nitrogens with zero attached hydrogens (tertiary/aromatic N) is 2. The number of benzene rings is 2. The number of sulfone groups is 1. The number of ether oxygens (including phenoxy) is 2. The van der Waals surface area contributed by atoms with Gasteiger partial charge in [0, 0.05) is 11.6 Å². The van der Waals surface area contributed by atoms with Crippen molar-refractivity contribution >= 4 is 27.8 Å². The molecule has 0 bridgehead atoms. The van der Waals surface area contributed by atoms with Crippen LogP contribution in [0.5, 0.6) is 11.5 Å². The zero-order valence-electron chi connectivity index (χ0n) is 15.9. The van der Waals surface area contributed by atoms with Crippen LogP contribution in [0.4, 0.5) is 6.01 Å². The van der Waals surface area contributed by atoms with Gasteiger partial charge in [-0.1, -0.05) is 18.1 Å². The maximum atomic E-state index is 12.1. The summed E-state index contributed by atoms with van der Waals surface area (Å²) in [7, 11) is -3.29. The summed E-state index contributed by atoms with van der Waals surface area (Å²) < 4.78 is 39.7. The fourth-order valence-corrected chi connectivity index (χ4v) is 3.58. The van der Waals surface area contributed by atoms with Crippen molar-refractivity contribution < 1.29 is 27.1 Å². The highest BCUT2D eigenvalue weighted by Crippen LogP contribution is 2.32. The van der Waals surface area contributed by atoms with E-state index in [4.69, 9.17) is 13.9 Å². The van der Waals surface area contributed by atoms with Gasteiger partial charge in [-0.2, -0.15) is 0 Å². The summed E-state index contributed by atoms with van der Waals surface area (Å²) in [6.45, 7) is 1.76. The predicted molar refractivity (Wildman–Crippen MR) is 108 cm³/mol. The van der Waals surface area contributed by atoms with Crippen LogP contribution in [0.3, 0.4) is 0 Å². The number of rotatable bonds is 6. The number of hydrogen-bond donors (Lipinski definition) is 1. The molecule has 10 heteroatoms. The van der Waals surface area contributed by atoms with Crippen molar-refractivity contribution in [2.24, 2.45) is 0 Å². The Labute approximate surface area is 172 Å². The van der Waals surface area contributed by atoms with E-state index in [2.05, 4.69) is 15.5 Å². The molecule has 154 valence electrons. The first kappa shape index (κ1) is 19.6. The van der Waals surface area contributed by atoms with Crippen molar-refractivity contribution in [1.82, 2.24) is 10.2 Å². The summed E-state index contributed by atoms with van der Waals surface area (Å²) in [6.07, 6.45) is 2.94. The second kappa shape index (κ2) is 7.99. The quantitative estimate of drug-likeness (QED) is 0.596. The Bertz CT molecular complexity index is 1220. The normalized spacial score (nSPS) is 13.0. The highest BCUT2D eigenvalue weighted by atomic mass is 32.2. The molecule has 1 N–H and O–H groups in total. The van der Waals surface area contributed by atoms with Crippen molar-refractivity contribution in [3.05, 3.63) is 54.1 Å². The van der Waals surface area contributed by atoms with Crippen molar-refractivity contribution in [2.45, 2.75) is 11.8 Å². The van der Waals surface area contributed by atoms with Crippen LogP contribution < -0.4 is 14.8 Å². The Kier molecular flexibility index (Phi) is 5.23. The lowest BCUT2D eigenvalue weighted by atomic mass is 10.2. The maximum Gasteiger partial charge on any atom is 0.322 e. The molecule has 1 aliphatic rings. The third-order valence-electron chi connectivity index (χ3n) is 4.32. The number of nitrogens with one attached hydrogen (secondary N) is 1. The van der Waals surface area contributed by atoms with Crippen LogP contribution in [0.2, 0.25) is 0 Å². The molecule has 0 saturated carbocycles. The van der Waals surface area contributed by atoms with Gasteiger partial charge in [0.05, 0.1) is 10.6 Å². The highest BCUT2D eigenvalue weighted by Gasteiger charge is 2.15. The first-order valence-electron chi connectivity index (χ1n) is 9.00. The van der Waals surface area contributed by atoms with E-state index in [0.29, 0.717) is 17.1 Å². The third-order valence-corrected chi connectivity index (χ3v) is 6.07. The highest BCUT2D eigenvalue weighted by molar-refractivity contribution is 7.91. The SMILES string of the molecule is CCS(=O)(=O)c1ccc(-c2nnc(NC(=O)/C=C/c3ccc4c(c3)OCO4)o2)cc1. The topological polar surface area (TPSA) is 121 Å². The molecule has 0 atom stereocenters. The Morgan fingerprint density at radius 2 is 1.87 bits per heavy atom. The lowest BCUT2D eigenvalue weighted by Crippen LogP contribution is -2.07. The van der Waals surface area contributed by atoms with Crippen LogP contribution in [0.15, 0.2) is 57.9 Å². The minimum absolute atomic E-state index is 0.0167. The summed E-state index contributed by atoms with van der Waals surface area (Å²) >= 11 is 0. The fraction of sp³-hybridized carbons (Fsp3) is 0.150. The number of hydrogen-bond acceptors (Lipinski definition) is 8. The molecule has 0 aliphatic carbocycles. The van der Waals surface area contributed by atoms with Gasteiger partial charge in [0.2, 0.25) is 12.7 Å². The third kappa shape index (κ3) is 4.18. The Morgan fingerprint density at radius 1 is 1.10 bits per heavy atom. The van der Waals surface area contributed by atoms with Gasteiger partial charge >= 0.3 is 6.01 Å². The van der Waals surface area contributed by atoms with E-state index in [1.54, 1.807) is 43.3 Å². The number of carbonyl (C=O) groups excluding carboxylic acids is 1. The minimum Gasteiger partial charge on any atom is -0.454 e. The largest absolute Gasteiger partial charge is 0.454 e. The standard InChI is InChI=1S/C20H17N3O6S/c1-2-30(25,26)15-7-5-14(6-8-15)19-22-23-20(29-19)21-18(24)10-4-13-3-9-16-17(11-13)28-12-27-16/h3-11H,2,12H2,1H3,(H,21,23,24)/b10-4+. The van der Waals surface area contributed by atoms with Crippen molar-refractivity contribution in [3.63, 3.8) is 0 Å². The number of amides is 1. The van der Waals surface area contributed by atoms with Crippen molar-refractivity contribution in [1.29, 1.82) is 0 Å². The Morgan fingerprint density at radius 3 is 2.63 bits per heavy atom. The Hall–Kier alpha value is -3.66. The molecule has 0 fully saturated rings. The maximum absolute atomic E-state index is 12.1. The number of anilines is 1. The molecular weight excluding hydrogens is 410 g/mol. The Balaban J connectivity index is 1.41. The van der Waals surface area contributed by atoms with Gasteiger partial charge in [0.15, 0.2) is 21.3 Å². The van der Waals surface area contributed by atoms with E-state index in [-0.39, 0.29) is 29.3 Å². The van der Waals surface area contributed by atoms with Gasteiger partial charge in [-0.3, -0.25) is 10.1 Å². The van der Waals surface area contributed by atoms with Gasteiger partial charge in [0.25, 0.3) is 5.91 Å². The molecular formula is C20H17N3O6S. The average molecular weight is 427 g/mol. The first-order valence-corrected chi connectivity index (χ1v) is 10.7. The summed E-state index contributed by atoms with van der Waals surface area (Å²) in [4.78, 5) is 12.3. The summed E-state index contributed by atoms with van der Waals surface area (Å²) in [5, 5.41) is 10.1. The number of carbonyl (C=O) groups is 1. The van der Waals surface area contributed by atoms with Crippen LogP contribution in [-0.2, 0) is 14.6 Å². The van der Waals surface area contributed by atoms with Crippen LogP contribution >= 0.6 is 0 Å². The lowest BCUT2D eigenvalue weighted by molar-refractivity contribution is -0.112. The van der Waals surface area contributed by atoms with Crippen LogP contribution in [0.25, 0.3) is 17.5 Å². The molecule has 0 saturated heterocycles. The van der Waals surface area contributed by atoms with Gasteiger partial charge in [-0.05, 0) is 48.0 Å². The van der Waals surface area contributed by atoms with Gasteiger partial charge in [0.1, 0.15) is 0 Å². The molecule has 0 radical (unpaired) electrons. The number of aromatic nitrogens is 2. The summed E-state index contributed by atoms with van der Waals surface area (Å²) in [5.74, 6) is 1.01. The van der Waals surface area contributed by atoms with E-state index in [9.17, 15) is 13.2 Å². The molecule has 30 heavy (non-hydrogen) atoms. The summed E-state index contributed by atoms with van der Waals surface area (Å²) in [5.41, 5.74) is 1.30. The molecule has 1 aliphatic heterocycles. The molecule has 0 spiro atoms. The van der Waals surface area contributed by atoms with Crippen molar-refractivity contribution in [3.8, 4) is 23.0 Å². The molecule has 1 aromatic heterocycles. The predicted octanol–water partition coefficient (Wildman–Crippen LogP) is 2.91. The molecule has 2 aromatic carbocycles. The number of fused-ring (bicyclic) bond motifs is 1. The molecule has 2 heterocycles. The molecule has 3 aromatic rings. The van der Waals surface area contributed by atoms with E-state index in [1.165, 1.54) is 18.2 Å². The van der Waals surface area contributed by atoms with Crippen LogP contribution in [0.1, 0.15) is 12.5 Å². The lowest BCUT2D eigenvalue weighted by Gasteiger charge is -2.01. The molecule has 1 amide bonds. The van der Waals surface area contributed by atoms with E-state index >= 15 is 0 Å². The first-order chi connectivity index (χ1) is 14.4. The summed E-state index contributed by atoms with van der Waals surface area (Å²) in [6, 6.07) is 11.3. The smallest absolute Gasteiger partial charge is 0.322 e. The molecule has 0 unspecified atom stereocenters. The van der Waals surface area contributed by atoms with Crippen LogP contribution in [0, 0.1) is 0 Å². The van der Waals surface area contributed by atoms with E-state index in [1.807, 2.05) is 0 Å². The zero-order chi connectivity index (χ0) is 21.1. The zero-order valence-corrected chi connectivity index (χ0v) is 16.7. The monoisotopic (exact) mass is 427 g/mol. The van der Waals surface area contributed by atoms with Gasteiger partial charge in [-0.15, -0.1) is 5.10 Å². The minimum atomic E-state index is -3.29. The fourth-order valence-electron chi connectivity index (χ4n) is 2.70. The second-order valence-corrected chi connectivity index (χ2v) is 8.55. The average Bonchev–Trinajstić information content (AvgIpc) is 3.41. The second-order valence-electron chi connectivity index (χ2n) is 6.28. The molecule has 4 rings (SSSR count). The van der Waals surface area contributed by atoms with Crippen LogP contribution in [-0.4, -0.2) is 37.1 Å². The van der Waals surface area contributed by atoms with Crippen molar-refractivity contribution in [2.75, 3.05) is 17.9 Å². The van der Waals surface area contributed by atoms with E-state index in [0.717, 1.165) is 5.56 Å².